The zero-order valence-electron chi connectivity index (χ0n) is 9.74. The molecule has 8 heteroatoms. The van der Waals surface area contributed by atoms with E-state index >= 15 is 0 Å². The van der Waals surface area contributed by atoms with Gasteiger partial charge >= 0.3 is 0 Å². The lowest BCUT2D eigenvalue weighted by molar-refractivity contribution is -0.139. The molecule has 1 aliphatic rings. The SMILES string of the molecule is CNCC1CN(C(=O)Cn2cnnn2)CCO1. The van der Waals surface area contributed by atoms with Crippen molar-refractivity contribution in [2.75, 3.05) is 33.3 Å². The highest BCUT2D eigenvalue weighted by atomic mass is 16.5. The van der Waals surface area contributed by atoms with Crippen LogP contribution in [0.5, 0.6) is 0 Å². The van der Waals surface area contributed by atoms with Gasteiger partial charge in [0.2, 0.25) is 5.91 Å². The Balaban J connectivity index is 1.86. The first-order chi connectivity index (χ1) is 8.29. The fourth-order valence-corrected chi connectivity index (χ4v) is 1.79. The summed E-state index contributed by atoms with van der Waals surface area (Å²) >= 11 is 0. The van der Waals surface area contributed by atoms with E-state index in [2.05, 4.69) is 20.8 Å². The second-order valence-corrected chi connectivity index (χ2v) is 3.90. The topological polar surface area (TPSA) is 85.2 Å². The van der Waals surface area contributed by atoms with Gasteiger partial charge < -0.3 is 15.0 Å². The van der Waals surface area contributed by atoms with E-state index in [0.717, 1.165) is 6.54 Å². The van der Waals surface area contributed by atoms with Crippen molar-refractivity contribution < 1.29 is 9.53 Å². The molecule has 2 rings (SSSR count). The molecule has 1 aromatic rings. The van der Waals surface area contributed by atoms with Crippen LogP contribution in [0.4, 0.5) is 0 Å². The number of carbonyl (C=O) groups excluding carboxylic acids is 1. The molecule has 0 spiro atoms. The van der Waals surface area contributed by atoms with Gasteiger partial charge in [-0.2, -0.15) is 0 Å². The minimum absolute atomic E-state index is 0.0155. The van der Waals surface area contributed by atoms with E-state index in [-0.39, 0.29) is 18.6 Å². The summed E-state index contributed by atoms with van der Waals surface area (Å²) in [7, 11) is 1.87. The predicted molar refractivity (Wildman–Crippen MR) is 58.1 cm³/mol. The van der Waals surface area contributed by atoms with Crippen LogP contribution in [0.15, 0.2) is 6.33 Å². The van der Waals surface area contributed by atoms with E-state index in [9.17, 15) is 4.79 Å². The third-order valence-electron chi connectivity index (χ3n) is 2.61. The van der Waals surface area contributed by atoms with Crippen LogP contribution in [0.2, 0.25) is 0 Å². The Morgan fingerprint density at radius 2 is 2.53 bits per heavy atom. The van der Waals surface area contributed by atoms with Crippen LogP contribution >= 0.6 is 0 Å². The molecule has 1 aliphatic heterocycles. The molecule has 1 amide bonds. The largest absolute Gasteiger partial charge is 0.373 e. The molecular weight excluding hydrogens is 224 g/mol. The van der Waals surface area contributed by atoms with Gasteiger partial charge in [0, 0.05) is 19.6 Å². The van der Waals surface area contributed by atoms with Gasteiger partial charge in [-0.15, -0.1) is 5.10 Å². The minimum atomic E-state index is 0.0155. The summed E-state index contributed by atoms with van der Waals surface area (Å²) in [6.07, 6.45) is 1.50. The minimum Gasteiger partial charge on any atom is -0.373 e. The summed E-state index contributed by atoms with van der Waals surface area (Å²) in [6.45, 7) is 2.74. The normalized spacial score (nSPS) is 20.5. The number of nitrogens with zero attached hydrogens (tertiary/aromatic N) is 5. The molecule has 1 saturated heterocycles. The lowest BCUT2D eigenvalue weighted by atomic mass is 10.2. The third kappa shape index (κ3) is 3.21. The van der Waals surface area contributed by atoms with Gasteiger partial charge in [0.05, 0.1) is 12.7 Å². The smallest absolute Gasteiger partial charge is 0.244 e. The number of carbonyl (C=O) groups is 1. The number of tetrazole rings is 1. The first-order valence-corrected chi connectivity index (χ1v) is 5.54. The highest BCUT2D eigenvalue weighted by Gasteiger charge is 2.23. The van der Waals surface area contributed by atoms with Crippen LogP contribution < -0.4 is 5.32 Å². The zero-order chi connectivity index (χ0) is 12.1. The highest BCUT2D eigenvalue weighted by molar-refractivity contribution is 5.76. The van der Waals surface area contributed by atoms with Crippen molar-refractivity contribution in [2.45, 2.75) is 12.6 Å². The van der Waals surface area contributed by atoms with Crippen molar-refractivity contribution in [1.82, 2.24) is 30.4 Å². The maximum atomic E-state index is 11.9. The Kier molecular flexibility index (Phi) is 3.99. The standard InChI is InChI=1S/C9H16N6O2/c1-10-4-8-5-14(2-3-17-8)9(16)6-15-7-11-12-13-15/h7-8,10H,2-6H2,1H3. The second kappa shape index (κ2) is 5.69. The van der Waals surface area contributed by atoms with Gasteiger partial charge in [0.1, 0.15) is 12.9 Å². The number of aromatic nitrogens is 4. The molecule has 0 radical (unpaired) electrons. The van der Waals surface area contributed by atoms with E-state index in [1.54, 1.807) is 4.90 Å². The molecule has 17 heavy (non-hydrogen) atoms. The number of likely N-dealkylation sites (N-methyl/N-ethyl adjacent to an activating group) is 1. The molecule has 2 heterocycles. The fraction of sp³-hybridized carbons (Fsp3) is 0.778. The van der Waals surface area contributed by atoms with Gasteiger partial charge in [0.15, 0.2) is 0 Å². The van der Waals surface area contributed by atoms with E-state index in [1.165, 1.54) is 11.0 Å². The number of ether oxygens (including phenoxy) is 1. The summed E-state index contributed by atoms with van der Waals surface area (Å²) < 4.78 is 6.95. The Hall–Kier alpha value is -1.54. The molecule has 0 aromatic carbocycles. The summed E-state index contributed by atoms with van der Waals surface area (Å²) in [5.41, 5.74) is 0. The molecule has 1 fully saturated rings. The zero-order valence-corrected chi connectivity index (χ0v) is 9.74. The molecular formula is C9H16N6O2. The number of hydrogen-bond donors (Lipinski definition) is 1. The van der Waals surface area contributed by atoms with Crippen molar-refractivity contribution >= 4 is 5.91 Å². The van der Waals surface area contributed by atoms with E-state index < -0.39 is 0 Å². The molecule has 8 nitrogen and oxygen atoms in total. The fourth-order valence-electron chi connectivity index (χ4n) is 1.79. The molecule has 1 aromatic heterocycles. The van der Waals surface area contributed by atoms with E-state index in [1.807, 2.05) is 7.05 Å². The van der Waals surface area contributed by atoms with Gasteiger partial charge in [-0.25, -0.2) is 4.68 Å². The molecule has 94 valence electrons. The highest BCUT2D eigenvalue weighted by Crippen LogP contribution is 2.05. The predicted octanol–water partition coefficient (Wildman–Crippen LogP) is -1.88. The molecule has 0 saturated carbocycles. The van der Waals surface area contributed by atoms with Crippen molar-refractivity contribution in [3.8, 4) is 0 Å². The van der Waals surface area contributed by atoms with Crippen LogP contribution in [-0.4, -0.2) is 70.4 Å². The number of hydrogen-bond acceptors (Lipinski definition) is 6. The molecule has 0 bridgehead atoms. The molecule has 1 unspecified atom stereocenters. The van der Waals surface area contributed by atoms with Crippen LogP contribution in [0.25, 0.3) is 0 Å². The number of morpholine rings is 1. The first kappa shape index (κ1) is 11.9. The Morgan fingerprint density at radius 1 is 1.65 bits per heavy atom. The average molecular weight is 240 g/mol. The van der Waals surface area contributed by atoms with Crippen molar-refractivity contribution in [2.24, 2.45) is 0 Å². The lowest BCUT2D eigenvalue weighted by Crippen LogP contribution is -2.49. The van der Waals surface area contributed by atoms with Gasteiger partial charge in [-0.3, -0.25) is 4.79 Å². The van der Waals surface area contributed by atoms with Crippen LogP contribution in [0, 0.1) is 0 Å². The Morgan fingerprint density at radius 3 is 3.24 bits per heavy atom. The van der Waals surface area contributed by atoms with Crippen molar-refractivity contribution in [3.63, 3.8) is 0 Å². The lowest BCUT2D eigenvalue weighted by Gasteiger charge is -2.32. The third-order valence-corrected chi connectivity index (χ3v) is 2.61. The summed E-state index contributed by atoms with van der Waals surface area (Å²) in [6, 6.07) is 0. The molecule has 1 N–H and O–H groups in total. The van der Waals surface area contributed by atoms with Crippen molar-refractivity contribution in [3.05, 3.63) is 6.33 Å². The number of nitrogens with one attached hydrogen (secondary N) is 1. The summed E-state index contributed by atoms with van der Waals surface area (Å²) in [5, 5.41) is 13.7. The Bertz CT molecular complexity index is 352. The number of rotatable bonds is 4. The van der Waals surface area contributed by atoms with E-state index in [0.29, 0.717) is 19.7 Å². The van der Waals surface area contributed by atoms with Crippen molar-refractivity contribution in [1.29, 1.82) is 0 Å². The second-order valence-electron chi connectivity index (χ2n) is 3.90. The molecule has 0 aliphatic carbocycles. The summed E-state index contributed by atoms with van der Waals surface area (Å²) in [5.74, 6) is 0.0155. The maximum absolute atomic E-state index is 11.9. The first-order valence-electron chi connectivity index (χ1n) is 5.54. The average Bonchev–Trinajstić information content (AvgIpc) is 2.83. The van der Waals surface area contributed by atoms with E-state index in [4.69, 9.17) is 4.74 Å². The van der Waals surface area contributed by atoms with Gasteiger partial charge in [-0.1, -0.05) is 0 Å². The number of amides is 1. The molecule has 1 atom stereocenters. The maximum Gasteiger partial charge on any atom is 0.244 e. The Labute approximate surface area is 98.9 Å². The van der Waals surface area contributed by atoms with Gasteiger partial charge in [0.25, 0.3) is 0 Å². The van der Waals surface area contributed by atoms with Gasteiger partial charge in [-0.05, 0) is 17.5 Å². The monoisotopic (exact) mass is 240 g/mol. The van der Waals surface area contributed by atoms with Crippen LogP contribution in [0.1, 0.15) is 0 Å². The quantitative estimate of drug-likeness (QED) is 0.663. The summed E-state index contributed by atoms with van der Waals surface area (Å²) in [4.78, 5) is 13.7. The van der Waals surface area contributed by atoms with Crippen LogP contribution in [0.3, 0.4) is 0 Å². The van der Waals surface area contributed by atoms with Crippen LogP contribution in [-0.2, 0) is 16.1 Å².